The fourth-order valence-corrected chi connectivity index (χ4v) is 6.99. The zero-order chi connectivity index (χ0) is 34.1. The van der Waals surface area contributed by atoms with Crippen molar-refractivity contribution in [3.63, 3.8) is 0 Å². The van der Waals surface area contributed by atoms with Crippen molar-refractivity contribution in [2.75, 3.05) is 20.1 Å². The Morgan fingerprint density at radius 2 is 1.60 bits per heavy atom. The first-order valence-electron chi connectivity index (χ1n) is 15.6. The molecule has 2 N–H and O–H groups in total. The Kier molecular flexibility index (Phi) is 12.2. The monoisotopic (exact) mass is 661 g/mol. The van der Waals surface area contributed by atoms with Crippen LogP contribution in [0.1, 0.15) is 63.7 Å². The normalized spacial score (nSPS) is 13.1. The van der Waals surface area contributed by atoms with Gasteiger partial charge in [0, 0.05) is 37.7 Å². The summed E-state index contributed by atoms with van der Waals surface area (Å²) in [6, 6.07) is 21.9. The molecule has 0 fully saturated rings. The number of rotatable bonds is 16. The van der Waals surface area contributed by atoms with Crippen LogP contribution in [0.4, 0.5) is 0 Å². The highest BCUT2D eigenvalue weighted by Crippen LogP contribution is 2.25. The second kappa shape index (κ2) is 16.1. The number of nitrogens with zero attached hydrogens (tertiary/aromatic N) is 3. The van der Waals surface area contributed by atoms with E-state index in [9.17, 15) is 28.2 Å². The number of carbonyl (C=O) groups excluding carboxylic acids is 2. The van der Waals surface area contributed by atoms with E-state index in [-0.39, 0.29) is 55.2 Å². The van der Waals surface area contributed by atoms with Gasteiger partial charge in [-0.25, -0.2) is 13.4 Å². The summed E-state index contributed by atoms with van der Waals surface area (Å²) in [6.45, 7) is 5.50. The molecule has 2 atom stereocenters. The van der Waals surface area contributed by atoms with Crippen LogP contribution >= 0.6 is 0 Å². The summed E-state index contributed by atoms with van der Waals surface area (Å²) in [5.41, 5.74) is 2.83. The molecule has 47 heavy (non-hydrogen) atoms. The van der Waals surface area contributed by atoms with Gasteiger partial charge in [0.15, 0.2) is 5.78 Å². The number of oxazole rings is 1. The van der Waals surface area contributed by atoms with E-state index in [1.165, 1.54) is 27.6 Å². The molecule has 4 aromatic rings. The number of sulfonamides is 1. The van der Waals surface area contributed by atoms with Gasteiger partial charge in [0.1, 0.15) is 6.26 Å². The highest BCUT2D eigenvalue weighted by atomic mass is 32.2. The molecule has 0 radical (unpaired) electrons. The molecule has 1 amide bonds. The first kappa shape index (κ1) is 35.7. The summed E-state index contributed by atoms with van der Waals surface area (Å²) < 4.78 is 34.1. The molecule has 0 saturated heterocycles. The van der Waals surface area contributed by atoms with Crippen LogP contribution in [-0.4, -0.2) is 70.8 Å². The molecular weight excluding hydrogens is 618 g/mol. The van der Waals surface area contributed by atoms with E-state index >= 15 is 0 Å². The number of benzene rings is 3. The lowest BCUT2D eigenvalue weighted by Gasteiger charge is -2.30. The predicted molar refractivity (Wildman–Crippen MR) is 178 cm³/mol. The highest BCUT2D eigenvalue weighted by molar-refractivity contribution is 7.89. The van der Waals surface area contributed by atoms with E-state index in [0.29, 0.717) is 34.7 Å². The Labute approximate surface area is 276 Å². The smallest absolute Gasteiger partial charge is 0.254 e. The van der Waals surface area contributed by atoms with E-state index < -0.39 is 22.0 Å². The summed E-state index contributed by atoms with van der Waals surface area (Å²) in [4.78, 5) is 32.7. The molecule has 1 aromatic heterocycles. The lowest BCUT2D eigenvalue weighted by atomic mass is 9.87. The number of aryl methyl sites for hydroxylation is 1. The average Bonchev–Trinajstić information content (AvgIpc) is 3.47. The van der Waals surface area contributed by atoms with Crippen LogP contribution in [0, 0.1) is 18.8 Å². The van der Waals surface area contributed by atoms with Crippen molar-refractivity contribution in [3.8, 4) is 0 Å². The number of carbonyl (C=O) groups is 2. The number of aromatic nitrogens is 1. The van der Waals surface area contributed by atoms with Gasteiger partial charge < -0.3 is 19.5 Å². The zero-order valence-electron chi connectivity index (χ0n) is 27.2. The lowest BCUT2D eigenvalue weighted by Crippen LogP contribution is -2.43. The van der Waals surface area contributed by atoms with Gasteiger partial charge in [0.25, 0.3) is 5.91 Å². The predicted octanol–water partition coefficient (Wildman–Crippen LogP) is 4.89. The first-order chi connectivity index (χ1) is 22.4. The molecular formula is C36H43N3O7S. The number of aliphatic hydroxyl groups is 2. The van der Waals surface area contributed by atoms with Gasteiger partial charge in [-0.2, -0.15) is 4.31 Å². The highest BCUT2D eigenvalue weighted by Gasteiger charge is 2.32. The SMILES string of the molecule is Cc1coc(CN(C)C(=O)c2cccc(C(=O)C[C@@H](Cc3ccccc3)[C@H](O)CN(CC(C)C)S(=O)(=O)c3ccc(CO)cc3)c2)n1. The molecule has 4 rings (SSSR count). The minimum absolute atomic E-state index is 0.0334. The molecule has 0 spiro atoms. The van der Waals surface area contributed by atoms with Crippen LogP contribution in [0.3, 0.4) is 0 Å². The summed E-state index contributed by atoms with van der Waals surface area (Å²) in [7, 11) is -2.37. The molecule has 11 heteroatoms. The van der Waals surface area contributed by atoms with Crippen LogP contribution in [0.2, 0.25) is 0 Å². The molecule has 1 heterocycles. The quantitative estimate of drug-likeness (QED) is 0.162. The van der Waals surface area contributed by atoms with Gasteiger partial charge in [-0.1, -0.05) is 68.4 Å². The second-order valence-corrected chi connectivity index (χ2v) is 14.2. The minimum Gasteiger partial charge on any atom is -0.447 e. The Balaban J connectivity index is 1.56. The number of hydrogen-bond acceptors (Lipinski definition) is 8. The van der Waals surface area contributed by atoms with Crippen LogP contribution < -0.4 is 0 Å². The van der Waals surface area contributed by atoms with Gasteiger partial charge in [-0.15, -0.1) is 0 Å². The summed E-state index contributed by atoms with van der Waals surface area (Å²) in [5.74, 6) is -0.837. The van der Waals surface area contributed by atoms with E-state index in [1.807, 2.05) is 44.2 Å². The van der Waals surface area contributed by atoms with Crippen molar-refractivity contribution in [1.29, 1.82) is 0 Å². The molecule has 0 aliphatic carbocycles. The second-order valence-electron chi connectivity index (χ2n) is 12.3. The molecule has 0 aliphatic heterocycles. The molecule has 250 valence electrons. The van der Waals surface area contributed by atoms with Gasteiger partial charge >= 0.3 is 0 Å². The number of hydrogen-bond donors (Lipinski definition) is 2. The van der Waals surface area contributed by atoms with Crippen LogP contribution in [0.15, 0.2) is 94.4 Å². The maximum absolute atomic E-state index is 13.7. The van der Waals surface area contributed by atoms with Gasteiger partial charge in [0.2, 0.25) is 15.9 Å². The minimum atomic E-state index is -3.99. The van der Waals surface area contributed by atoms with Crippen LogP contribution in [-0.2, 0) is 29.6 Å². The Hall–Kier alpha value is -4.16. The largest absolute Gasteiger partial charge is 0.447 e. The van der Waals surface area contributed by atoms with Crippen molar-refractivity contribution in [2.45, 2.75) is 57.8 Å². The van der Waals surface area contributed by atoms with Crippen molar-refractivity contribution in [3.05, 3.63) is 119 Å². The Bertz CT molecular complexity index is 1740. The molecule has 3 aromatic carbocycles. The number of amides is 1. The number of Topliss-reactive ketones (excluding diaryl/α,β-unsaturated/α-hetero) is 1. The third kappa shape index (κ3) is 9.68. The topological polar surface area (TPSA) is 141 Å². The van der Waals surface area contributed by atoms with Gasteiger partial charge in [-0.05, 0) is 60.6 Å². The fourth-order valence-electron chi connectivity index (χ4n) is 5.36. The first-order valence-corrected chi connectivity index (χ1v) is 17.0. The van der Waals surface area contributed by atoms with Crippen LogP contribution in [0.5, 0.6) is 0 Å². The molecule has 0 saturated carbocycles. The third-order valence-corrected chi connectivity index (χ3v) is 9.70. The zero-order valence-corrected chi connectivity index (χ0v) is 28.1. The number of ketones is 1. The summed E-state index contributed by atoms with van der Waals surface area (Å²) in [5, 5.41) is 21.0. The molecule has 0 unspecified atom stereocenters. The maximum atomic E-state index is 13.7. The Morgan fingerprint density at radius 1 is 0.915 bits per heavy atom. The van der Waals surface area contributed by atoms with E-state index in [4.69, 9.17) is 4.42 Å². The fraction of sp³-hybridized carbons (Fsp3) is 0.361. The molecule has 0 bridgehead atoms. The van der Waals surface area contributed by atoms with Crippen molar-refractivity contribution in [1.82, 2.24) is 14.2 Å². The molecule has 10 nitrogen and oxygen atoms in total. The maximum Gasteiger partial charge on any atom is 0.254 e. The lowest BCUT2D eigenvalue weighted by molar-refractivity contribution is 0.0689. The van der Waals surface area contributed by atoms with Gasteiger partial charge in [0.05, 0.1) is 29.8 Å². The van der Waals surface area contributed by atoms with E-state index in [2.05, 4.69) is 4.98 Å². The number of aliphatic hydroxyl groups excluding tert-OH is 2. The summed E-state index contributed by atoms with van der Waals surface area (Å²) >= 11 is 0. The van der Waals surface area contributed by atoms with Crippen molar-refractivity contribution >= 4 is 21.7 Å². The molecule has 0 aliphatic rings. The standard InChI is InChI=1S/C36H43N3O7S/c1-25(2)20-39(47(44,45)32-15-13-28(23-40)14-16-32)21-34(42)31(17-27-9-6-5-7-10-27)19-33(41)29-11-8-12-30(18-29)36(43)38(4)22-35-37-26(3)24-46-35/h5-16,18,24-25,31,34,40,42H,17,19-23H2,1-4H3/t31-,34-/m1/s1. The van der Waals surface area contributed by atoms with E-state index in [0.717, 1.165) is 5.56 Å². The average molecular weight is 662 g/mol. The summed E-state index contributed by atoms with van der Waals surface area (Å²) in [6.07, 6.45) is 0.607. The van der Waals surface area contributed by atoms with Crippen molar-refractivity contribution in [2.24, 2.45) is 11.8 Å². The van der Waals surface area contributed by atoms with Crippen molar-refractivity contribution < 1.29 is 32.6 Å². The van der Waals surface area contributed by atoms with Gasteiger partial charge in [-0.3, -0.25) is 9.59 Å². The third-order valence-electron chi connectivity index (χ3n) is 7.85. The van der Waals surface area contributed by atoms with Crippen LogP contribution in [0.25, 0.3) is 0 Å². The van der Waals surface area contributed by atoms with E-state index in [1.54, 1.807) is 50.4 Å². The Morgan fingerprint density at radius 3 is 2.21 bits per heavy atom.